The molecule has 3 heteroatoms. The minimum atomic E-state index is 0.0602. The number of rotatable bonds is 2. The first kappa shape index (κ1) is 14.2. The van der Waals surface area contributed by atoms with Gasteiger partial charge in [-0.2, -0.15) is 0 Å². The number of amides is 1. The first-order valence-electron chi connectivity index (χ1n) is 7.25. The Bertz CT molecular complexity index is 654. The number of benzene rings is 2. The van der Waals surface area contributed by atoms with E-state index in [1.54, 1.807) is 6.92 Å². The fraction of sp³-hybridized carbons (Fsp3) is 0.278. The Morgan fingerprint density at radius 1 is 1.19 bits per heavy atom. The number of nitrogens with zero attached hydrogens (tertiary/aromatic N) is 1. The van der Waals surface area contributed by atoms with Gasteiger partial charge in [0.05, 0.1) is 11.7 Å². The van der Waals surface area contributed by atoms with Crippen molar-refractivity contribution >= 4 is 23.2 Å². The smallest absolute Gasteiger partial charge is 0.224 e. The van der Waals surface area contributed by atoms with Crippen LogP contribution in [0.4, 0.5) is 5.69 Å². The monoisotopic (exact) mass is 299 g/mol. The standard InChI is InChI=1S/C18H18ClNO/c1-13(21)20-16(12-19)11-10-15-8-5-9-17(18(15)20)14-6-3-2-4-7-14/h2-9,16H,10-12H2,1H3. The quantitative estimate of drug-likeness (QED) is 0.759. The Morgan fingerprint density at radius 2 is 1.95 bits per heavy atom. The highest BCUT2D eigenvalue weighted by atomic mass is 35.5. The van der Waals surface area contributed by atoms with Crippen LogP contribution in [-0.4, -0.2) is 17.8 Å². The van der Waals surface area contributed by atoms with Gasteiger partial charge in [-0.1, -0.05) is 48.5 Å². The summed E-state index contributed by atoms with van der Waals surface area (Å²) in [6.45, 7) is 1.62. The van der Waals surface area contributed by atoms with E-state index in [0.29, 0.717) is 5.88 Å². The first-order valence-corrected chi connectivity index (χ1v) is 7.79. The molecule has 0 bridgehead atoms. The Kier molecular flexibility index (Phi) is 3.98. The van der Waals surface area contributed by atoms with Gasteiger partial charge >= 0.3 is 0 Å². The van der Waals surface area contributed by atoms with Crippen LogP contribution in [0.25, 0.3) is 11.1 Å². The summed E-state index contributed by atoms with van der Waals surface area (Å²) in [6, 6.07) is 16.6. The lowest BCUT2D eigenvalue weighted by molar-refractivity contribution is -0.117. The van der Waals surface area contributed by atoms with E-state index >= 15 is 0 Å². The van der Waals surface area contributed by atoms with Crippen LogP contribution >= 0.6 is 11.6 Å². The summed E-state index contributed by atoms with van der Waals surface area (Å²) in [6.07, 6.45) is 1.89. The van der Waals surface area contributed by atoms with Crippen molar-refractivity contribution in [2.24, 2.45) is 0 Å². The molecule has 1 amide bonds. The number of aryl methyl sites for hydroxylation is 1. The van der Waals surface area contributed by atoms with Crippen molar-refractivity contribution in [1.29, 1.82) is 0 Å². The van der Waals surface area contributed by atoms with E-state index in [1.807, 2.05) is 23.1 Å². The van der Waals surface area contributed by atoms with Crippen molar-refractivity contribution in [3.8, 4) is 11.1 Å². The average Bonchev–Trinajstić information content (AvgIpc) is 2.53. The lowest BCUT2D eigenvalue weighted by atomic mass is 9.91. The topological polar surface area (TPSA) is 20.3 Å². The van der Waals surface area contributed by atoms with Gasteiger partial charge in [0.15, 0.2) is 0 Å². The highest BCUT2D eigenvalue weighted by Gasteiger charge is 2.30. The summed E-state index contributed by atoms with van der Waals surface area (Å²) >= 11 is 6.09. The van der Waals surface area contributed by atoms with Gasteiger partial charge in [-0.25, -0.2) is 0 Å². The predicted octanol–water partition coefficient (Wildman–Crippen LogP) is 4.26. The molecule has 0 N–H and O–H groups in total. The molecule has 0 radical (unpaired) electrons. The highest BCUT2D eigenvalue weighted by Crippen LogP contribution is 2.39. The second-order valence-electron chi connectivity index (χ2n) is 5.42. The van der Waals surface area contributed by atoms with Gasteiger partial charge in [0, 0.05) is 18.4 Å². The second kappa shape index (κ2) is 5.90. The number of carbonyl (C=O) groups excluding carboxylic acids is 1. The minimum Gasteiger partial charge on any atom is -0.307 e. The molecule has 1 unspecified atom stereocenters. The van der Waals surface area contributed by atoms with E-state index < -0.39 is 0 Å². The Morgan fingerprint density at radius 3 is 2.62 bits per heavy atom. The molecule has 3 rings (SSSR count). The zero-order chi connectivity index (χ0) is 14.8. The molecule has 0 spiro atoms. The van der Waals surface area contributed by atoms with E-state index in [4.69, 9.17) is 11.6 Å². The van der Waals surface area contributed by atoms with E-state index in [0.717, 1.165) is 29.7 Å². The van der Waals surface area contributed by atoms with Crippen molar-refractivity contribution < 1.29 is 4.79 Å². The molecule has 2 aromatic carbocycles. The van der Waals surface area contributed by atoms with Crippen LogP contribution in [0, 0.1) is 0 Å². The van der Waals surface area contributed by atoms with Crippen LogP contribution in [0.2, 0.25) is 0 Å². The van der Waals surface area contributed by atoms with Crippen LogP contribution < -0.4 is 4.90 Å². The molecule has 1 aliphatic heterocycles. The first-order chi connectivity index (χ1) is 10.2. The number of hydrogen-bond acceptors (Lipinski definition) is 1. The molecular weight excluding hydrogens is 282 g/mol. The largest absolute Gasteiger partial charge is 0.307 e. The molecule has 0 aromatic heterocycles. The SMILES string of the molecule is CC(=O)N1c2c(cccc2-c2ccccc2)CCC1CCl. The maximum atomic E-state index is 12.2. The van der Waals surface area contributed by atoms with Crippen LogP contribution in [0.15, 0.2) is 48.5 Å². The van der Waals surface area contributed by atoms with Crippen molar-refractivity contribution in [3.05, 3.63) is 54.1 Å². The van der Waals surface area contributed by atoms with E-state index in [-0.39, 0.29) is 11.9 Å². The maximum absolute atomic E-state index is 12.2. The van der Waals surface area contributed by atoms with Gasteiger partial charge in [-0.05, 0) is 24.0 Å². The summed E-state index contributed by atoms with van der Waals surface area (Å²) in [5.74, 6) is 0.535. The number of fused-ring (bicyclic) bond motifs is 1. The summed E-state index contributed by atoms with van der Waals surface area (Å²) in [5.41, 5.74) is 4.51. The van der Waals surface area contributed by atoms with Crippen molar-refractivity contribution in [2.75, 3.05) is 10.8 Å². The van der Waals surface area contributed by atoms with Gasteiger partial charge in [0.2, 0.25) is 5.91 Å². The third kappa shape index (κ3) is 2.56. The van der Waals surface area contributed by atoms with Crippen LogP contribution in [0.3, 0.4) is 0 Å². The fourth-order valence-corrected chi connectivity index (χ4v) is 3.42. The van der Waals surface area contributed by atoms with Crippen molar-refractivity contribution in [3.63, 3.8) is 0 Å². The summed E-state index contributed by atoms with van der Waals surface area (Å²) in [7, 11) is 0. The third-order valence-corrected chi connectivity index (χ3v) is 4.43. The molecule has 0 saturated heterocycles. The molecule has 21 heavy (non-hydrogen) atoms. The molecule has 0 saturated carbocycles. The number of para-hydroxylation sites is 1. The molecular formula is C18H18ClNO. The maximum Gasteiger partial charge on any atom is 0.224 e. The number of carbonyl (C=O) groups is 1. The molecule has 2 nitrogen and oxygen atoms in total. The molecule has 1 atom stereocenters. The van der Waals surface area contributed by atoms with Crippen LogP contribution in [0.1, 0.15) is 18.9 Å². The second-order valence-corrected chi connectivity index (χ2v) is 5.72. The molecule has 0 fully saturated rings. The predicted molar refractivity (Wildman–Crippen MR) is 87.9 cm³/mol. The lowest BCUT2D eigenvalue weighted by Crippen LogP contribution is -2.44. The summed E-state index contributed by atoms with van der Waals surface area (Å²) in [4.78, 5) is 14.1. The number of alkyl halides is 1. The zero-order valence-corrected chi connectivity index (χ0v) is 12.8. The molecule has 2 aromatic rings. The van der Waals surface area contributed by atoms with Gasteiger partial charge < -0.3 is 4.90 Å². The van der Waals surface area contributed by atoms with Crippen molar-refractivity contribution in [2.45, 2.75) is 25.8 Å². The fourth-order valence-electron chi connectivity index (χ4n) is 3.12. The van der Waals surface area contributed by atoms with Crippen LogP contribution in [0.5, 0.6) is 0 Å². The zero-order valence-electron chi connectivity index (χ0n) is 12.1. The van der Waals surface area contributed by atoms with Gasteiger partial charge in [0.25, 0.3) is 0 Å². The van der Waals surface area contributed by atoms with Gasteiger partial charge in [-0.3, -0.25) is 4.79 Å². The molecule has 1 heterocycles. The van der Waals surface area contributed by atoms with E-state index in [2.05, 4.69) is 30.3 Å². The number of anilines is 1. The lowest BCUT2D eigenvalue weighted by Gasteiger charge is -2.37. The molecule has 0 aliphatic carbocycles. The Hall–Kier alpha value is -1.80. The van der Waals surface area contributed by atoms with Crippen LogP contribution in [-0.2, 0) is 11.2 Å². The van der Waals surface area contributed by atoms with E-state index in [9.17, 15) is 4.79 Å². The normalized spacial score (nSPS) is 17.4. The average molecular weight is 300 g/mol. The van der Waals surface area contributed by atoms with Gasteiger partial charge in [0.1, 0.15) is 0 Å². The Labute approximate surface area is 130 Å². The number of hydrogen-bond donors (Lipinski definition) is 0. The van der Waals surface area contributed by atoms with Crippen molar-refractivity contribution in [1.82, 2.24) is 0 Å². The summed E-state index contributed by atoms with van der Waals surface area (Å²) < 4.78 is 0. The Balaban J connectivity index is 2.19. The van der Waals surface area contributed by atoms with Gasteiger partial charge in [-0.15, -0.1) is 11.6 Å². The number of halogens is 1. The highest BCUT2D eigenvalue weighted by molar-refractivity contribution is 6.19. The minimum absolute atomic E-state index is 0.0602. The molecule has 1 aliphatic rings. The molecule has 108 valence electrons. The van der Waals surface area contributed by atoms with E-state index in [1.165, 1.54) is 5.56 Å². The third-order valence-electron chi connectivity index (χ3n) is 4.07. The summed E-state index contributed by atoms with van der Waals surface area (Å²) in [5, 5.41) is 0.